The first kappa shape index (κ1) is 14.6. The van der Waals surface area contributed by atoms with Gasteiger partial charge in [-0.3, -0.25) is 0 Å². The molecule has 0 amide bonds. The van der Waals surface area contributed by atoms with Gasteiger partial charge >= 0.3 is 0 Å². The summed E-state index contributed by atoms with van der Waals surface area (Å²) in [5.41, 5.74) is 7.46. The van der Waals surface area contributed by atoms with Gasteiger partial charge in [-0.1, -0.05) is 12.8 Å². The quantitative estimate of drug-likeness (QED) is 0.642. The summed E-state index contributed by atoms with van der Waals surface area (Å²) in [5.74, 6) is 2.41. The van der Waals surface area contributed by atoms with Gasteiger partial charge in [0.15, 0.2) is 0 Å². The Morgan fingerprint density at radius 2 is 1.89 bits per heavy atom. The van der Waals surface area contributed by atoms with Gasteiger partial charge in [0.2, 0.25) is 10.0 Å². The fourth-order valence-corrected chi connectivity index (χ4v) is 3.58. The van der Waals surface area contributed by atoms with Crippen LogP contribution in [0.2, 0.25) is 0 Å². The first-order valence-corrected chi connectivity index (χ1v) is 7.15. The zero-order valence-corrected chi connectivity index (χ0v) is 11.6. The van der Waals surface area contributed by atoms with Crippen LogP contribution in [0, 0.1) is 26.2 Å². The highest BCUT2D eigenvalue weighted by atomic mass is 32.2. The van der Waals surface area contributed by atoms with Gasteiger partial charge in [-0.25, -0.2) is 8.42 Å². The Morgan fingerprint density at radius 3 is 2.28 bits per heavy atom. The molecule has 18 heavy (non-hydrogen) atoms. The predicted molar refractivity (Wildman–Crippen MR) is 73.6 cm³/mol. The maximum atomic E-state index is 12.3. The van der Waals surface area contributed by atoms with Gasteiger partial charge in [0.1, 0.15) is 0 Å². The lowest BCUT2D eigenvalue weighted by atomic mass is 10.1. The fourth-order valence-electron chi connectivity index (χ4n) is 1.89. The van der Waals surface area contributed by atoms with Crippen LogP contribution in [0.5, 0.6) is 0 Å². The Hall–Kier alpha value is -1.51. The molecule has 1 unspecified atom stereocenters. The van der Waals surface area contributed by atoms with Crippen molar-refractivity contribution in [1.82, 2.24) is 4.72 Å². The van der Waals surface area contributed by atoms with Crippen molar-refractivity contribution in [3.05, 3.63) is 23.3 Å². The molecule has 98 valence electrons. The molecule has 0 saturated carbocycles. The Bertz CT molecular complexity index is 562. The highest BCUT2D eigenvalue weighted by molar-refractivity contribution is 7.89. The molecule has 4 nitrogen and oxygen atoms in total. The molecule has 0 bridgehead atoms. The van der Waals surface area contributed by atoms with Crippen LogP contribution in [0.25, 0.3) is 0 Å². The SMILES string of the molecule is C#CC(CC)NS(=O)(=O)c1c(C)cc(N)cc1C. The molecule has 0 spiro atoms. The normalized spacial score (nSPS) is 13.0. The molecule has 0 aromatic heterocycles. The van der Waals surface area contributed by atoms with Crippen molar-refractivity contribution >= 4 is 15.7 Å². The Labute approximate surface area is 109 Å². The van der Waals surface area contributed by atoms with E-state index in [1.807, 2.05) is 6.92 Å². The number of hydrogen-bond acceptors (Lipinski definition) is 3. The van der Waals surface area contributed by atoms with Crippen LogP contribution in [-0.2, 0) is 10.0 Å². The zero-order chi connectivity index (χ0) is 13.9. The van der Waals surface area contributed by atoms with Crippen molar-refractivity contribution in [1.29, 1.82) is 0 Å². The number of nitrogens with one attached hydrogen (secondary N) is 1. The largest absolute Gasteiger partial charge is 0.399 e. The smallest absolute Gasteiger partial charge is 0.242 e. The number of sulfonamides is 1. The van der Waals surface area contributed by atoms with E-state index in [2.05, 4.69) is 10.6 Å². The number of terminal acetylenes is 1. The van der Waals surface area contributed by atoms with Gasteiger partial charge in [-0.2, -0.15) is 4.72 Å². The highest BCUT2D eigenvalue weighted by Gasteiger charge is 2.22. The topological polar surface area (TPSA) is 72.2 Å². The molecule has 0 heterocycles. The summed E-state index contributed by atoms with van der Waals surface area (Å²) in [6, 6.07) is 2.78. The van der Waals surface area contributed by atoms with Crippen LogP contribution in [0.15, 0.2) is 17.0 Å². The number of nitrogens with two attached hydrogens (primary N) is 1. The monoisotopic (exact) mass is 266 g/mol. The molecule has 5 heteroatoms. The Balaban J connectivity index is 3.26. The number of benzene rings is 1. The molecule has 1 atom stereocenters. The first-order valence-electron chi connectivity index (χ1n) is 5.67. The average molecular weight is 266 g/mol. The molecule has 0 aliphatic heterocycles. The number of rotatable bonds is 4. The molecule has 0 radical (unpaired) electrons. The summed E-state index contributed by atoms with van der Waals surface area (Å²) in [4.78, 5) is 0.255. The summed E-state index contributed by atoms with van der Waals surface area (Å²) in [6.07, 6.45) is 5.82. The van der Waals surface area contributed by atoms with E-state index in [1.165, 1.54) is 0 Å². The van der Waals surface area contributed by atoms with Gasteiger partial charge in [-0.15, -0.1) is 6.42 Å². The van der Waals surface area contributed by atoms with Gasteiger partial charge in [-0.05, 0) is 43.5 Å². The molecule has 3 N–H and O–H groups in total. The van der Waals surface area contributed by atoms with E-state index >= 15 is 0 Å². The summed E-state index contributed by atoms with van der Waals surface area (Å²) >= 11 is 0. The van der Waals surface area contributed by atoms with Crippen molar-refractivity contribution in [2.45, 2.75) is 38.1 Å². The summed E-state index contributed by atoms with van der Waals surface area (Å²) < 4.78 is 27.0. The highest BCUT2D eigenvalue weighted by Crippen LogP contribution is 2.23. The minimum atomic E-state index is -3.61. The predicted octanol–water partition coefficient (Wildman–Crippen LogP) is 1.58. The Morgan fingerprint density at radius 1 is 1.39 bits per heavy atom. The lowest BCUT2D eigenvalue weighted by Gasteiger charge is -2.15. The van der Waals surface area contributed by atoms with Crippen LogP contribution < -0.4 is 10.5 Å². The second-order valence-electron chi connectivity index (χ2n) is 4.23. The third-order valence-corrected chi connectivity index (χ3v) is 4.43. The van der Waals surface area contributed by atoms with Gasteiger partial charge in [0, 0.05) is 5.69 Å². The molecule has 1 rings (SSSR count). The van der Waals surface area contributed by atoms with Crippen molar-refractivity contribution in [3.63, 3.8) is 0 Å². The number of anilines is 1. The van der Waals surface area contributed by atoms with Crippen molar-refractivity contribution in [2.24, 2.45) is 0 Å². The molecule has 0 aliphatic rings. The zero-order valence-electron chi connectivity index (χ0n) is 10.8. The maximum Gasteiger partial charge on any atom is 0.242 e. The van der Waals surface area contributed by atoms with Crippen LogP contribution >= 0.6 is 0 Å². The van der Waals surface area contributed by atoms with E-state index in [1.54, 1.807) is 26.0 Å². The molecule has 0 fully saturated rings. The minimum Gasteiger partial charge on any atom is -0.399 e. The van der Waals surface area contributed by atoms with Gasteiger partial charge < -0.3 is 5.73 Å². The van der Waals surface area contributed by atoms with E-state index in [4.69, 9.17) is 12.2 Å². The van der Waals surface area contributed by atoms with Crippen molar-refractivity contribution < 1.29 is 8.42 Å². The van der Waals surface area contributed by atoms with E-state index in [0.29, 0.717) is 23.2 Å². The van der Waals surface area contributed by atoms with E-state index in [-0.39, 0.29) is 4.90 Å². The second-order valence-corrected chi connectivity index (χ2v) is 5.88. The maximum absolute atomic E-state index is 12.3. The van der Waals surface area contributed by atoms with E-state index in [9.17, 15) is 8.42 Å². The molecule has 1 aromatic rings. The number of aryl methyl sites for hydroxylation is 2. The standard InChI is InChI=1S/C13H18N2O2S/c1-5-12(6-2)15-18(16,17)13-9(3)7-11(14)8-10(13)4/h1,7-8,12,15H,6,14H2,2-4H3. The second kappa shape index (κ2) is 5.42. The average Bonchev–Trinajstić information content (AvgIpc) is 2.23. The number of nitrogen functional groups attached to an aromatic ring is 1. The van der Waals surface area contributed by atoms with Crippen LogP contribution in [0.1, 0.15) is 24.5 Å². The van der Waals surface area contributed by atoms with E-state index in [0.717, 1.165) is 0 Å². The van der Waals surface area contributed by atoms with Gasteiger partial charge in [0.25, 0.3) is 0 Å². The van der Waals surface area contributed by atoms with Crippen LogP contribution in [0.3, 0.4) is 0 Å². The van der Waals surface area contributed by atoms with Gasteiger partial charge in [0.05, 0.1) is 10.9 Å². The van der Waals surface area contributed by atoms with Crippen LogP contribution in [0.4, 0.5) is 5.69 Å². The third kappa shape index (κ3) is 3.03. The first-order chi connectivity index (χ1) is 8.31. The molecule has 1 aromatic carbocycles. The molecular formula is C13H18N2O2S. The Kier molecular flexibility index (Phi) is 4.38. The lowest BCUT2D eigenvalue weighted by Crippen LogP contribution is -2.34. The van der Waals surface area contributed by atoms with Crippen LogP contribution in [-0.4, -0.2) is 14.5 Å². The van der Waals surface area contributed by atoms with Crippen molar-refractivity contribution in [3.8, 4) is 12.3 Å². The number of hydrogen-bond donors (Lipinski definition) is 2. The molecule has 0 saturated heterocycles. The summed E-state index contributed by atoms with van der Waals surface area (Å²) in [6.45, 7) is 5.26. The fraction of sp³-hybridized carbons (Fsp3) is 0.385. The summed E-state index contributed by atoms with van der Waals surface area (Å²) in [7, 11) is -3.61. The summed E-state index contributed by atoms with van der Waals surface area (Å²) in [5, 5.41) is 0. The molecular weight excluding hydrogens is 248 g/mol. The van der Waals surface area contributed by atoms with Crippen molar-refractivity contribution in [2.75, 3.05) is 5.73 Å². The van der Waals surface area contributed by atoms with E-state index < -0.39 is 16.1 Å². The molecule has 0 aliphatic carbocycles. The minimum absolute atomic E-state index is 0.255. The lowest BCUT2D eigenvalue weighted by molar-refractivity contribution is 0.569. The third-order valence-electron chi connectivity index (χ3n) is 2.66.